The van der Waals surface area contributed by atoms with Crippen LogP contribution in [0.3, 0.4) is 0 Å². The minimum absolute atomic E-state index is 0.215. The van der Waals surface area contributed by atoms with Crippen molar-refractivity contribution in [3.8, 4) is 11.1 Å². The molecule has 0 radical (unpaired) electrons. The number of aromatic nitrogens is 4. The highest BCUT2D eigenvalue weighted by atomic mass is 32.1. The first-order chi connectivity index (χ1) is 15.4. The highest BCUT2D eigenvalue weighted by Gasteiger charge is 2.23. The molecule has 0 aliphatic carbocycles. The predicted molar refractivity (Wildman–Crippen MR) is 131 cm³/mol. The Kier molecular flexibility index (Phi) is 6.48. The normalized spacial score (nSPS) is 12.4. The van der Waals surface area contributed by atoms with Gasteiger partial charge in [-0.3, -0.25) is 19.5 Å². The Morgan fingerprint density at radius 2 is 1.91 bits per heavy atom. The number of fused-ring (bicyclic) bond motifs is 1. The number of rotatable bonds is 7. The van der Waals surface area contributed by atoms with Crippen LogP contribution in [0, 0.1) is 0 Å². The summed E-state index contributed by atoms with van der Waals surface area (Å²) >= 11 is 2.78. The second kappa shape index (κ2) is 9.30. The van der Waals surface area contributed by atoms with E-state index < -0.39 is 6.04 Å². The van der Waals surface area contributed by atoms with Gasteiger partial charge >= 0.3 is 0 Å². The molecule has 1 aromatic carbocycles. The minimum atomic E-state index is -0.690. The van der Waals surface area contributed by atoms with Gasteiger partial charge in [0.2, 0.25) is 11.0 Å². The average Bonchev–Trinajstić information content (AvgIpc) is 3.43. The number of thiophene rings is 1. The summed E-state index contributed by atoms with van der Waals surface area (Å²) in [5, 5.41) is 14.6. The van der Waals surface area contributed by atoms with E-state index in [2.05, 4.69) is 46.5 Å². The van der Waals surface area contributed by atoms with Gasteiger partial charge in [-0.15, -0.1) is 21.5 Å². The van der Waals surface area contributed by atoms with E-state index in [-0.39, 0.29) is 11.5 Å². The van der Waals surface area contributed by atoms with Gasteiger partial charge in [0.25, 0.3) is 5.56 Å². The molecular formula is C23H25N5O2S2. The van der Waals surface area contributed by atoms with Gasteiger partial charge in [-0.2, -0.15) is 0 Å². The van der Waals surface area contributed by atoms with Crippen LogP contribution in [0.5, 0.6) is 0 Å². The van der Waals surface area contributed by atoms with Crippen LogP contribution in [0.25, 0.3) is 21.3 Å². The Morgan fingerprint density at radius 1 is 1.16 bits per heavy atom. The Bertz CT molecular complexity index is 1300. The first-order valence-corrected chi connectivity index (χ1v) is 12.3. The number of benzene rings is 1. The number of anilines is 1. The molecule has 0 spiro atoms. The smallest absolute Gasteiger partial charge is 0.263 e. The highest BCUT2D eigenvalue weighted by molar-refractivity contribution is 7.17. The topological polar surface area (TPSA) is 89.8 Å². The van der Waals surface area contributed by atoms with Crippen molar-refractivity contribution in [3.63, 3.8) is 0 Å². The molecule has 4 rings (SSSR count). The van der Waals surface area contributed by atoms with Crippen LogP contribution in [0.15, 0.2) is 40.8 Å². The van der Waals surface area contributed by atoms with Gasteiger partial charge in [-0.05, 0) is 29.9 Å². The molecule has 7 nitrogen and oxygen atoms in total. The van der Waals surface area contributed by atoms with Crippen LogP contribution in [0.2, 0.25) is 0 Å². The summed E-state index contributed by atoms with van der Waals surface area (Å²) in [6, 6.07) is 7.57. The minimum Gasteiger partial charge on any atom is -0.299 e. The summed E-state index contributed by atoms with van der Waals surface area (Å²) in [6.07, 6.45) is 2.67. The molecule has 1 atom stereocenters. The Labute approximate surface area is 194 Å². The molecule has 3 heterocycles. The van der Waals surface area contributed by atoms with E-state index >= 15 is 0 Å². The van der Waals surface area contributed by atoms with Crippen molar-refractivity contribution in [1.29, 1.82) is 0 Å². The molecule has 0 bridgehead atoms. The Morgan fingerprint density at radius 3 is 2.53 bits per heavy atom. The molecule has 0 aliphatic heterocycles. The molecule has 1 N–H and O–H groups in total. The van der Waals surface area contributed by atoms with Crippen molar-refractivity contribution in [2.24, 2.45) is 0 Å². The van der Waals surface area contributed by atoms with Gasteiger partial charge in [0.05, 0.1) is 11.7 Å². The van der Waals surface area contributed by atoms with Crippen LogP contribution >= 0.6 is 22.7 Å². The Balaban J connectivity index is 1.71. The molecule has 1 amide bonds. The fraction of sp³-hybridized carbons (Fsp3) is 0.348. The molecular weight excluding hydrogens is 442 g/mol. The number of nitrogens with zero attached hydrogens (tertiary/aromatic N) is 4. The van der Waals surface area contributed by atoms with E-state index in [1.54, 1.807) is 0 Å². The van der Waals surface area contributed by atoms with Gasteiger partial charge in [0.15, 0.2) is 0 Å². The van der Waals surface area contributed by atoms with E-state index in [4.69, 9.17) is 0 Å². The molecule has 0 aliphatic rings. The number of aryl methyl sites for hydroxylation is 1. The first-order valence-electron chi connectivity index (χ1n) is 10.6. The van der Waals surface area contributed by atoms with Gasteiger partial charge in [0, 0.05) is 10.9 Å². The SMILES string of the molecule is CCc1nnc(NC(=O)C(CC)n2cnc3scc(-c4ccc(C(C)C)cc4)c3c2=O)s1. The summed E-state index contributed by atoms with van der Waals surface area (Å²) in [5.74, 6) is 0.139. The van der Waals surface area contributed by atoms with Crippen molar-refractivity contribution in [1.82, 2.24) is 19.7 Å². The van der Waals surface area contributed by atoms with E-state index in [0.717, 1.165) is 22.6 Å². The monoisotopic (exact) mass is 467 g/mol. The average molecular weight is 468 g/mol. The summed E-state index contributed by atoms with van der Waals surface area (Å²) in [6.45, 7) is 8.16. The van der Waals surface area contributed by atoms with Gasteiger partial charge in [0.1, 0.15) is 15.9 Å². The Hall–Kier alpha value is -2.91. The molecule has 32 heavy (non-hydrogen) atoms. The second-order valence-electron chi connectivity index (χ2n) is 7.83. The van der Waals surface area contributed by atoms with Crippen molar-refractivity contribution in [2.75, 3.05) is 5.32 Å². The molecule has 0 saturated carbocycles. The van der Waals surface area contributed by atoms with Crippen molar-refractivity contribution in [2.45, 2.75) is 52.5 Å². The van der Waals surface area contributed by atoms with E-state index in [0.29, 0.717) is 27.7 Å². The third-order valence-corrected chi connectivity index (χ3v) is 7.30. The maximum atomic E-state index is 13.5. The zero-order chi connectivity index (χ0) is 22.8. The quantitative estimate of drug-likeness (QED) is 0.401. The van der Waals surface area contributed by atoms with Gasteiger partial charge < -0.3 is 0 Å². The lowest BCUT2D eigenvalue weighted by atomic mass is 9.99. The lowest BCUT2D eigenvalue weighted by Crippen LogP contribution is -2.33. The molecule has 9 heteroatoms. The van der Waals surface area contributed by atoms with Gasteiger partial charge in [-0.1, -0.05) is 63.3 Å². The molecule has 1 unspecified atom stereocenters. The van der Waals surface area contributed by atoms with Gasteiger partial charge in [-0.25, -0.2) is 4.98 Å². The summed E-state index contributed by atoms with van der Waals surface area (Å²) in [4.78, 5) is 31.6. The molecule has 3 aromatic heterocycles. The van der Waals surface area contributed by atoms with Crippen LogP contribution in [-0.2, 0) is 11.2 Å². The predicted octanol–water partition coefficient (Wildman–Crippen LogP) is 5.25. The number of carbonyl (C=O) groups excluding carboxylic acids is 1. The van der Waals surface area contributed by atoms with E-state index in [9.17, 15) is 9.59 Å². The number of carbonyl (C=O) groups is 1. The highest BCUT2D eigenvalue weighted by Crippen LogP contribution is 2.32. The lowest BCUT2D eigenvalue weighted by molar-refractivity contribution is -0.119. The molecule has 166 valence electrons. The maximum absolute atomic E-state index is 13.5. The number of amides is 1. The standard InChI is InChI=1S/C23H25N5O2S2/c1-5-17(20(29)25-23-27-26-18(6-2)32-23)28-12-24-21-19(22(28)30)16(11-31-21)15-9-7-14(8-10-15)13(3)4/h7-13,17H,5-6H2,1-4H3,(H,25,27,29). The number of hydrogen-bond acceptors (Lipinski definition) is 7. The van der Waals surface area contributed by atoms with Crippen molar-refractivity contribution < 1.29 is 4.79 Å². The van der Waals surface area contributed by atoms with Crippen LogP contribution in [-0.4, -0.2) is 25.7 Å². The lowest BCUT2D eigenvalue weighted by Gasteiger charge is -2.16. The molecule has 0 saturated heterocycles. The fourth-order valence-corrected chi connectivity index (χ4v) is 5.16. The largest absolute Gasteiger partial charge is 0.299 e. The third kappa shape index (κ3) is 4.22. The van der Waals surface area contributed by atoms with E-state index in [1.165, 1.54) is 39.1 Å². The zero-order valence-electron chi connectivity index (χ0n) is 18.5. The third-order valence-electron chi connectivity index (χ3n) is 5.43. The fourth-order valence-electron chi connectivity index (χ4n) is 3.57. The second-order valence-corrected chi connectivity index (χ2v) is 9.75. The first kappa shape index (κ1) is 22.3. The van der Waals surface area contributed by atoms with Crippen molar-refractivity contribution in [3.05, 3.63) is 56.9 Å². The van der Waals surface area contributed by atoms with E-state index in [1.807, 2.05) is 31.4 Å². The van der Waals surface area contributed by atoms with Crippen molar-refractivity contribution >= 4 is 43.9 Å². The molecule has 0 fully saturated rings. The zero-order valence-corrected chi connectivity index (χ0v) is 20.1. The molecule has 4 aromatic rings. The maximum Gasteiger partial charge on any atom is 0.263 e. The van der Waals surface area contributed by atoms with Crippen LogP contribution < -0.4 is 10.9 Å². The number of nitrogens with one attached hydrogen (secondary N) is 1. The van der Waals surface area contributed by atoms with Crippen LogP contribution in [0.4, 0.5) is 5.13 Å². The number of hydrogen-bond donors (Lipinski definition) is 1. The summed E-state index contributed by atoms with van der Waals surface area (Å²) < 4.78 is 1.43. The summed E-state index contributed by atoms with van der Waals surface area (Å²) in [5.41, 5.74) is 2.84. The van der Waals surface area contributed by atoms with Crippen LogP contribution in [0.1, 0.15) is 56.6 Å². The summed E-state index contributed by atoms with van der Waals surface area (Å²) in [7, 11) is 0.